The molecular formula is C32H36F3N7O4. The monoisotopic (exact) mass is 639 g/mol. The first-order valence-corrected chi connectivity index (χ1v) is 15.0. The number of allylic oxidation sites excluding steroid dienone is 2. The molecule has 14 heteroatoms. The first-order valence-electron chi connectivity index (χ1n) is 15.0. The molecule has 4 atom stereocenters. The Morgan fingerprint density at radius 2 is 1.91 bits per heavy atom. The third-order valence-corrected chi connectivity index (χ3v) is 9.27. The summed E-state index contributed by atoms with van der Waals surface area (Å²) in [6.45, 7) is 3.39. The average Bonchev–Trinajstić information content (AvgIpc) is 3.66. The lowest BCUT2D eigenvalue weighted by atomic mass is 9.76. The van der Waals surface area contributed by atoms with Gasteiger partial charge in [-0.25, -0.2) is 0 Å². The molecule has 2 saturated heterocycles. The van der Waals surface area contributed by atoms with Gasteiger partial charge in [0.2, 0.25) is 17.9 Å². The van der Waals surface area contributed by atoms with E-state index in [1.165, 1.54) is 23.9 Å². The third kappa shape index (κ3) is 6.06. The van der Waals surface area contributed by atoms with Crippen molar-refractivity contribution >= 4 is 23.3 Å². The van der Waals surface area contributed by atoms with Crippen molar-refractivity contribution in [1.29, 1.82) is 0 Å². The molecule has 0 bridgehead atoms. The van der Waals surface area contributed by atoms with Crippen LogP contribution < -0.4 is 20.7 Å². The number of carboxylic acids is 1. The highest BCUT2D eigenvalue weighted by atomic mass is 19.4. The molecule has 1 aromatic carbocycles. The molecule has 6 rings (SSSR count). The Labute approximate surface area is 263 Å². The summed E-state index contributed by atoms with van der Waals surface area (Å²) in [6.07, 6.45) is 0.760. The van der Waals surface area contributed by atoms with E-state index >= 15 is 13.2 Å². The quantitative estimate of drug-likeness (QED) is 0.329. The molecule has 0 amide bonds. The Bertz CT molecular complexity index is 1640. The standard InChI is InChI=1S/C32H36F3N7O4/c1-20-9-13-42(40-20)24-16-22(21-6-4-3-5-7-21)8-10-31(24,45-2)28(32(33,34)35)46-26-17-25(38-29(36)39-26)41-14-11-30(12-15-41)18-23(27(43)44)37-19-30/h3-10,13,16-17,23-24,28,37H,11-12,14-15,18-19H2,1-2H3,(H,43,44)(H2,36,38,39)/t23-,24?,28+,31?/m0/s1. The van der Waals surface area contributed by atoms with Crippen molar-refractivity contribution < 1.29 is 32.5 Å². The number of carboxylic acid groups (broad SMARTS) is 1. The normalized spacial score (nSPS) is 25.0. The van der Waals surface area contributed by atoms with Crippen LogP contribution in [0.5, 0.6) is 5.88 Å². The van der Waals surface area contributed by atoms with E-state index in [1.807, 2.05) is 35.2 Å². The van der Waals surface area contributed by atoms with Crippen molar-refractivity contribution in [2.75, 3.05) is 37.4 Å². The van der Waals surface area contributed by atoms with Gasteiger partial charge in [-0.15, -0.1) is 0 Å². The molecule has 3 aromatic rings. The molecule has 1 spiro atoms. The number of carbonyl (C=O) groups is 1. The van der Waals surface area contributed by atoms with Gasteiger partial charge in [-0.2, -0.15) is 28.2 Å². The van der Waals surface area contributed by atoms with E-state index in [0.29, 0.717) is 56.0 Å². The molecule has 4 heterocycles. The van der Waals surface area contributed by atoms with Crippen LogP contribution in [0.4, 0.5) is 24.9 Å². The molecule has 3 aliphatic rings. The minimum Gasteiger partial charge on any atom is -0.480 e. The Balaban J connectivity index is 1.31. The molecule has 1 aliphatic carbocycles. The number of rotatable bonds is 8. The first-order chi connectivity index (χ1) is 21.9. The van der Waals surface area contributed by atoms with Crippen LogP contribution in [0, 0.1) is 12.3 Å². The second-order valence-corrected chi connectivity index (χ2v) is 12.2. The summed E-state index contributed by atoms with van der Waals surface area (Å²) in [4.78, 5) is 21.7. The summed E-state index contributed by atoms with van der Waals surface area (Å²) >= 11 is 0. The van der Waals surface area contributed by atoms with Crippen molar-refractivity contribution in [2.45, 2.75) is 56.2 Å². The van der Waals surface area contributed by atoms with E-state index in [-0.39, 0.29) is 17.2 Å². The Kier molecular flexibility index (Phi) is 8.27. The fraction of sp³-hybridized carbons (Fsp3) is 0.438. The van der Waals surface area contributed by atoms with Crippen LogP contribution >= 0.6 is 0 Å². The highest BCUT2D eigenvalue weighted by Gasteiger charge is 2.60. The van der Waals surface area contributed by atoms with Crippen LogP contribution in [0.15, 0.2) is 66.9 Å². The molecule has 46 heavy (non-hydrogen) atoms. The number of piperidine rings is 1. The number of halogens is 3. The minimum atomic E-state index is -4.91. The zero-order valence-corrected chi connectivity index (χ0v) is 25.4. The highest BCUT2D eigenvalue weighted by Crippen LogP contribution is 2.46. The van der Waals surface area contributed by atoms with Crippen LogP contribution in [0.1, 0.15) is 36.6 Å². The van der Waals surface area contributed by atoms with Gasteiger partial charge in [0.05, 0.1) is 5.69 Å². The number of nitrogen functional groups attached to an aromatic ring is 1. The molecule has 2 aliphatic heterocycles. The Hall–Kier alpha value is -4.43. The van der Waals surface area contributed by atoms with Crippen molar-refractivity contribution in [1.82, 2.24) is 25.1 Å². The van der Waals surface area contributed by atoms with E-state index in [0.717, 1.165) is 5.56 Å². The molecule has 2 unspecified atom stereocenters. The van der Waals surface area contributed by atoms with Gasteiger partial charge in [0.1, 0.15) is 17.9 Å². The Morgan fingerprint density at radius 3 is 2.52 bits per heavy atom. The van der Waals surface area contributed by atoms with E-state index in [1.54, 1.807) is 31.3 Å². The highest BCUT2D eigenvalue weighted by molar-refractivity contribution is 5.76. The second kappa shape index (κ2) is 12.1. The fourth-order valence-corrected chi connectivity index (χ4v) is 6.78. The van der Waals surface area contributed by atoms with E-state index in [4.69, 9.17) is 15.2 Å². The molecule has 244 valence electrons. The molecule has 2 fully saturated rings. The third-order valence-electron chi connectivity index (χ3n) is 9.27. The van der Waals surface area contributed by atoms with Crippen LogP contribution in [-0.4, -0.2) is 81.5 Å². The van der Waals surface area contributed by atoms with Crippen LogP contribution in [0.3, 0.4) is 0 Å². The first kappa shape index (κ1) is 31.5. The fourth-order valence-electron chi connectivity index (χ4n) is 6.78. The van der Waals surface area contributed by atoms with Crippen LogP contribution in [-0.2, 0) is 9.53 Å². The van der Waals surface area contributed by atoms with Gasteiger partial charge in [-0.1, -0.05) is 36.4 Å². The van der Waals surface area contributed by atoms with Gasteiger partial charge in [0, 0.05) is 39.0 Å². The number of aromatic nitrogens is 4. The SMILES string of the molecule is COC1([C@@H](Oc2cc(N3CCC4(CC3)CN[C@H](C(=O)O)C4)nc(N)n2)C(F)(F)F)C=CC(c2ccccc2)=CC1n1ccc(C)n1. The summed E-state index contributed by atoms with van der Waals surface area (Å²) in [5, 5.41) is 16.9. The number of hydrogen-bond acceptors (Lipinski definition) is 9. The van der Waals surface area contributed by atoms with Crippen molar-refractivity contribution in [3.05, 3.63) is 78.1 Å². The number of anilines is 2. The topological polar surface area (TPSA) is 141 Å². The number of ether oxygens (including phenoxy) is 2. The van der Waals surface area contributed by atoms with E-state index in [2.05, 4.69) is 20.4 Å². The maximum Gasteiger partial charge on any atom is 0.428 e. The summed E-state index contributed by atoms with van der Waals surface area (Å²) < 4.78 is 58.4. The number of nitrogens with one attached hydrogen (secondary N) is 1. The number of hydrogen-bond donors (Lipinski definition) is 3. The Morgan fingerprint density at radius 1 is 1.17 bits per heavy atom. The van der Waals surface area contributed by atoms with Gasteiger partial charge in [-0.3, -0.25) is 9.48 Å². The predicted molar refractivity (Wildman–Crippen MR) is 164 cm³/mol. The summed E-state index contributed by atoms with van der Waals surface area (Å²) in [5.41, 5.74) is 5.92. The lowest BCUT2D eigenvalue weighted by Gasteiger charge is -2.43. The van der Waals surface area contributed by atoms with Gasteiger partial charge < -0.3 is 30.5 Å². The zero-order chi connectivity index (χ0) is 32.7. The van der Waals surface area contributed by atoms with E-state index in [9.17, 15) is 9.90 Å². The largest absolute Gasteiger partial charge is 0.480 e. The molecule has 0 saturated carbocycles. The van der Waals surface area contributed by atoms with Gasteiger partial charge in [0.25, 0.3) is 0 Å². The number of benzene rings is 1. The molecule has 0 radical (unpaired) electrons. The smallest absolute Gasteiger partial charge is 0.428 e. The maximum atomic E-state index is 15.1. The van der Waals surface area contributed by atoms with Gasteiger partial charge in [0.15, 0.2) is 5.60 Å². The summed E-state index contributed by atoms with van der Waals surface area (Å²) in [7, 11) is 1.22. The van der Waals surface area contributed by atoms with Crippen molar-refractivity contribution in [3.8, 4) is 5.88 Å². The molecule has 4 N–H and O–H groups in total. The number of aryl methyl sites for hydroxylation is 1. The lowest BCUT2D eigenvalue weighted by molar-refractivity contribution is -0.249. The maximum absolute atomic E-state index is 15.1. The number of nitrogens with zero attached hydrogens (tertiary/aromatic N) is 5. The average molecular weight is 640 g/mol. The summed E-state index contributed by atoms with van der Waals surface area (Å²) in [6, 6.07) is 10.8. The van der Waals surface area contributed by atoms with E-state index < -0.39 is 35.9 Å². The molecular weight excluding hydrogens is 603 g/mol. The van der Waals surface area contributed by atoms with Gasteiger partial charge in [-0.05, 0) is 61.0 Å². The van der Waals surface area contributed by atoms with Crippen LogP contribution in [0.2, 0.25) is 0 Å². The minimum absolute atomic E-state index is 0.164. The number of alkyl halides is 3. The zero-order valence-electron chi connectivity index (χ0n) is 25.4. The molecule has 2 aromatic heterocycles. The second-order valence-electron chi connectivity index (χ2n) is 12.2. The number of aliphatic carboxylic acids is 1. The number of methoxy groups -OCH3 is 1. The van der Waals surface area contributed by atoms with Crippen LogP contribution in [0.25, 0.3) is 5.57 Å². The predicted octanol–water partition coefficient (Wildman–Crippen LogP) is 4.19. The lowest BCUT2D eigenvalue weighted by Crippen LogP contribution is -2.59. The number of nitrogens with two attached hydrogens (primary N) is 1. The van der Waals surface area contributed by atoms with Crippen molar-refractivity contribution in [3.63, 3.8) is 0 Å². The van der Waals surface area contributed by atoms with Gasteiger partial charge >= 0.3 is 12.1 Å². The van der Waals surface area contributed by atoms with Crippen molar-refractivity contribution in [2.24, 2.45) is 5.41 Å². The molecule has 11 nitrogen and oxygen atoms in total. The summed E-state index contributed by atoms with van der Waals surface area (Å²) in [5.74, 6) is -1.13.